The molecule has 354 valence electrons. The van der Waals surface area contributed by atoms with Gasteiger partial charge in [0, 0.05) is 54.3 Å². The Balaban J connectivity index is 1.07. The molecule has 0 fully saturated rings. The minimum Gasteiger partial charge on any atom is -0.455 e. The molecular weight excluding hydrogens is 870 g/mol. The Morgan fingerprint density at radius 2 is 0.986 bits per heavy atom. The summed E-state index contributed by atoms with van der Waals surface area (Å²) in [6, 6.07) is 53.3. The van der Waals surface area contributed by atoms with Crippen molar-refractivity contribution < 1.29 is 17.0 Å². The van der Waals surface area contributed by atoms with Crippen LogP contribution in [0.5, 0.6) is 0 Å². The van der Waals surface area contributed by atoms with Gasteiger partial charge in [-0.15, -0.1) is 0 Å². The first kappa shape index (κ1) is 40.3. The molecule has 4 heterocycles. The van der Waals surface area contributed by atoms with Crippen LogP contribution in [0.15, 0.2) is 193 Å². The number of hydrogen-bond donors (Lipinski definition) is 0. The largest absolute Gasteiger partial charge is 0.455 e. The molecule has 10 aromatic rings. The molecule has 0 saturated heterocycles. The van der Waals surface area contributed by atoms with Crippen LogP contribution in [0.4, 0.5) is 4.39 Å². The summed E-state index contributed by atoms with van der Waals surface area (Å²) in [5, 5.41) is 1.40. The number of furan rings is 1. The molecule has 0 saturated carbocycles. The first-order valence-corrected chi connectivity index (χ1v) is 24.3. The summed E-state index contributed by atoms with van der Waals surface area (Å²) in [7, 11) is 0. The molecule has 0 aliphatic carbocycles. The molecule has 0 radical (unpaired) electrons. The van der Waals surface area contributed by atoms with Crippen LogP contribution in [0.25, 0.3) is 66.8 Å². The number of hydrogen-bond acceptors (Lipinski definition) is 4. The van der Waals surface area contributed by atoms with Crippen molar-refractivity contribution in [1.29, 1.82) is 0 Å². The van der Waals surface area contributed by atoms with E-state index in [0.717, 1.165) is 44.8 Å². The van der Waals surface area contributed by atoms with Crippen LogP contribution < -0.4 is 0 Å². The summed E-state index contributed by atoms with van der Waals surface area (Å²) >= 11 is 0. The van der Waals surface area contributed by atoms with Crippen LogP contribution in [-0.2, 0) is 42.8 Å². The lowest BCUT2D eigenvalue weighted by Gasteiger charge is -2.28. The van der Waals surface area contributed by atoms with Crippen LogP contribution >= 0.6 is 0 Å². The Kier molecular flexibility index (Phi) is 11.0. The third-order valence-corrected chi connectivity index (χ3v) is 13.3. The van der Waals surface area contributed by atoms with Gasteiger partial charge in [-0.1, -0.05) is 182 Å². The average Bonchev–Trinajstić information content (AvgIpc) is 3.84. The highest BCUT2D eigenvalue weighted by Crippen LogP contribution is 2.41. The number of rotatable bonds is 14. The molecular formula is C66H62FN3O. The van der Waals surface area contributed by atoms with Crippen molar-refractivity contribution in [2.45, 2.75) is 91.3 Å². The second-order valence-electron chi connectivity index (χ2n) is 20.9. The number of nitrogens with zero attached hydrogens (tertiary/aromatic N) is 3. The summed E-state index contributed by atoms with van der Waals surface area (Å²) in [4.78, 5) is 14.5. The van der Waals surface area contributed by atoms with Gasteiger partial charge in [-0.05, 0) is 129 Å². The van der Waals surface area contributed by atoms with Crippen molar-refractivity contribution in [3.63, 3.8) is 0 Å². The number of aryl methyl sites for hydroxylation is 2. The molecule has 0 amide bonds. The van der Waals surface area contributed by atoms with Gasteiger partial charge in [-0.3, -0.25) is 15.0 Å². The summed E-state index contributed by atoms with van der Waals surface area (Å²) in [6.07, 6.45) is -1.72. The van der Waals surface area contributed by atoms with E-state index in [9.17, 15) is 8.22 Å². The minimum absolute atomic E-state index is 0.0375. The summed E-state index contributed by atoms with van der Waals surface area (Å²) in [6.45, 7) is 13.8. The Morgan fingerprint density at radius 1 is 0.465 bits per heavy atom. The topological polar surface area (TPSA) is 51.8 Å². The first-order chi connectivity index (χ1) is 36.5. The third-order valence-electron chi connectivity index (χ3n) is 13.3. The highest BCUT2D eigenvalue weighted by Gasteiger charge is 2.26. The molecule has 5 heteroatoms. The van der Waals surface area contributed by atoms with Crippen LogP contribution in [-0.4, -0.2) is 15.0 Å². The quantitative estimate of drug-likeness (QED) is 0.109. The van der Waals surface area contributed by atoms with Crippen LogP contribution in [0.2, 0.25) is 0 Å². The second kappa shape index (κ2) is 19.4. The van der Waals surface area contributed by atoms with E-state index in [1.165, 1.54) is 18.3 Å². The Bertz CT molecular complexity index is 3640. The predicted octanol–water partition coefficient (Wildman–Crippen LogP) is 17.0. The summed E-state index contributed by atoms with van der Waals surface area (Å²) in [5.74, 6) is -0.439. The number of para-hydroxylation sites is 1. The standard InChI is InChI=1S/C66H62FN3O/c1-64(2,3)40-51-37-60(56-25-17-24-54-55-30-31-57(67)61(63(55)71-62(54)56)49-22-15-10-16-23-49)68-41-50(51)27-26-44-34-45(38-65(4,5)52-28-32-58(69-42-52)47-18-11-8-12-19-47)36-46(35-44)39-66(6,7)53-29-33-59(70-43-53)48-20-13-9-14-21-48/h8-25,28-37,41-43H,26-27,38-40H2,1-7H3/i26D2,27D2,40D2. The van der Waals surface area contributed by atoms with Gasteiger partial charge in [-0.25, -0.2) is 4.39 Å². The summed E-state index contributed by atoms with van der Waals surface area (Å²) < 4.78 is 81.8. The highest BCUT2D eigenvalue weighted by atomic mass is 19.1. The molecule has 6 aromatic carbocycles. The molecule has 0 N–H and O–H groups in total. The zero-order valence-corrected chi connectivity index (χ0v) is 41.4. The maximum absolute atomic E-state index is 15.7. The van der Waals surface area contributed by atoms with Crippen LogP contribution in [0, 0.1) is 11.2 Å². The molecule has 0 atom stereocenters. The van der Waals surface area contributed by atoms with Gasteiger partial charge in [0.1, 0.15) is 17.0 Å². The second-order valence-corrected chi connectivity index (χ2v) is 20.9. The fourth-order valence-electron chi connectivity index (χ4n) is 9.67. The molecule has 0 aliphatic rings. The molecule has 4 aromatic heterocycles. The van der Waals surface area contributed by atoms with Crippen molar-refractivity contribution >= 4 is 21.9 Å². The van der Waals surface area contributed by atoms with E-state index in [0.29, 0.717) is 57.2 Å². The van der Waals surface area contributed by atoms with E-state index in [2.05, 4.69) is 45.9 Å². The monoisotopic (exact) mass is 938 g/mol. The summed E-state index contributed by atoms with van der Waals surface area (Å²) in [5.41, 5.74) is 7.73. The van der Waals surface area contributed by atoms with Gasteiger partial charge in [-0.2, -0.15) is 0 Å². The number of aromatic nitrogens is 3. The molecule has 0 spiro atoms. The maximum atomic E-state index is 15.7. The van der Waals surface area contributed by atoms with Gasteiger partial charge in [0.15, 0.2) is 0 Å². The smallest absolute Gasteiger partial charge is 0.146 e. The SMILES string of the molecule is [2H]C([2H])(c1cc(-c2cccc3c2oc2c(-c4ccccc4)c(F)ccc23)ncc1C([2H])([2H])C([2H])([2H])c1cc(CC(C)(C)c2ccc(-c3ccccc3)nc2)cc(CC(C)(C)c2ccc(-c3ccccc3)nc2)c1)C(C)(C)C. The molecule has 4 nitrogen and oxygen atoms in total. The highest BCUT2D eigenvalue weighted by molar-refractivity contribution is 6.13. The van der Waals surface area contributed by atoms with E-state index < -0.39 is 41.2 Å². The van der Waals surface area contributed by atoms with E-state index in [-0.39, 0.29) is 16.7 Å². The van der Waals surface area contributed by atoms with Crippen LogP contribution in [0.1, 0.15) is 95.6 Å². The number of benzene rings is 6. The maximum Gasteiger partial charge on any atom is 0.146 e. The van der Waals surface area contributed by atoms with E-state index in [1.807, 2.05) is 128 Å². The van der Waals surface area contributed by atoms with Gasteiger partial charge in [0.25, 0.3) is 0 Å². The molecule has 0 aliphatic heterocycles. The van der Waals surface area contributed by atoms with Crippen molar-refractivity contribution in [2.75, 3.05) is 0 Å². The van der Waals surface area contributed by atoms with Gasteiger partial charge in [0.05, 0.1) is 22.6 Å². The van der Waals surface area contributed by atoms with Gasteiger partial charge < -0.3 is 4.42 Å². The van der Waals surface area contributed by atoms with E-state index in [1.54, 1.807) is 45.0 Å². The van der Waals surface area contributed by atoms with Crippen LogP contribution in [0.3, 0.4) is 0 Å². The van der Waals surface area contributed by atoms with E-state index >= 15 is 4.39 Å². The zero-order valence-electron chi connectivity index (χ0n) is 47.4. The fourth-order valence-corrected chi connectivity index (χ4v) is 9.67. The molecule has 71 heavy (non-hydrogen) atoms. The van der Waals surface area contributed by atoms with Gasteiger partial charge in [0.2, 0.25) is 0 Å². The normalized spacial score (nSPS) is 14.1. The van der Waals surface area contributed by atoms with Crippen molar-refractivity contribution in [3.05, 3.63) is 233 Å². The molecule has 0 bridgehead atoms. The third kappa shape index (κ3) is 10.4. The lowest BCUT2D eigenvalue weighted by atomic mass is 9.77. The number of pyridine rings is 3. The minimum atomic E-state index is -2.84. The Hall–Kier alpha value is -7.50. The van der Waals surface area contributed by atoms with Crippen molar-refractivity contribution in [1.82, 2.24) is 15.0 Å². The molecule has 10 rings (SSSR count). The fraction of sp³-hybridized carbons (Fsp3) is 0.227. The van der Waals surface area contributed by atoms with E-state index in [4.69, 9.17) is 19.4 Å². The predicted molar refractivity (Wildman–Crippen MR) is 292 cm³/mol. The van der Waals surface area contributed by atoms with Crippen molar-refractivity contribution in [2.24, 2.45) is 5.41 Å². The lowest BCUT2D eigenvalue weighted by molar-refractivity contribution is 0.409. The van der Waals surface area contributed by atoms with Gasteiger partial charge >= 0.3 is 0 Å². The average molecular weight is 938 g/mol. The lowest BCUT2D eigenvalue weighted by Crippen LogP contribution is -2.23. The zero-order chi connectivity index (χ0) is 54.7. The van der Waals surface area contributed by atoms with Crippen molar-refractivity contribution in [3.8, 4) is 44.9 Å². The Morgan fingerprint density at radius 3 is 1.52 bits per heavy atom. The number of fused-ring (bicyclic) bond motifs is 3. The Labute approximate surface area is 427 Å². The molecule has 0 unspecified atom stereocenters. The number of halogens is 1. The first-order valence-electron chi connectivity index (χ1n) is 27.3.